The Kier molecular flexibility index (Phi) is 8.05. The summed E-state index contributed by atoms with van der Waals surface area (Å²) in [6.45, 7) is 1.77. The van der Waals surface area contributed by atoms with Crippen LogP contribution < -0.4 is 19.1 Å². The van der Waals surface area contributed by atoms with Crippen LogP contribution in [0.2, 0.25) is 0 Å². The number of hydrogen-bond acceptors (Lipinski definition) is 5. The van der Waals surface area contributed by atoms with Gasteiger partial charge in [-0.25, -0.2) is 12.8 Å². The Balaban J connectivity index is 1.99. The summed E-state index contributed by atoms with van der Waals surface area (Å²) in [5.41, 5.74) is 0.854. The van der Waals surface area contributed by atoms with Gasteiger partial charge in [0.25, 0.3) is 0 Å². The van der Waals surface area contributed by atoms with Gasteiger partial charge in [0.15, 0.2) is 11.5 Å². The van der Waals surface area contributed by atoms with Crippen molar-refractivity contribution >= 4 is 21.6 Å². The number of carbonyl (C=O) groups is 1. The van der Waals surface area contributed by atoms with Crippen LogP contribution in [0.5, 0.6) is 11.5 Å². The first-order valence-corrected chi connectivity index (χ1v) is 11.3. The molecule has 164 valence electrons. The van der Waals surface area contributed by atoms with E-state index in [9.17, 15) is 17.6 Å². The molecule has 0 aliphatic rings. The molecule has 2 aromatic rings. The summed E-state index contributed by atoms with van der Waals surface area (Å²) in [5.74, 6) is 0.0470. The lowest BCUT2D eigenvalue weighted by atomic mass is 10.1. The van der Waals surface area contributed by atoms with E-state index in [0.717, 1.165) is 22.2 Å². The highest BCUT2D eigenvalue weighted by Gasteiger charge is 2.30. The molecule has 1 unspecified atom stereocenters. The van der Waals surface area contributed by atoms with Crippen molar-refractivity contribution in [2.45, 2.75) is 25.8 Å². The van der Waals surface area contributed by atoms with Gasteiger partial charge in [-0.2, -0.15) is 0 Å². The number of para-hydroxylation sites is 1. The quantitative estimate of drug-likeness (QED) is 0.577. The molecule has 0 bridgehead atoms. The SMILES string of the molecule is COc1ccc(CCCNC(=O)C(C)N(c2ccccc2F)S(C)(=O)=O)cc1OC. The molecule has 7 nitrogen and oxygen atoms in total. The molecule has 1 atom stereocenters. The lowest BCUT2D eigenvalue weighted by molar-refractivity contribution is -0.121. The van der Waals surface area contributed by atoms with E-state index in [2.05, 4.69) is 5.32 Å². The highest BCUT2D eigenvalue weighted by molar-refractivity contribution is 7.92. The number of ether oxygens (including phenoxy) is 2. The number of nitrogens with one attached hydrogen (secondary N) is 1. The van der Waals surface area contributed by atoms with Gasteiger partial charge in [0, 0.05) is 6.54 Å². The summed E-state index contributed by atoms with van der Waals surface area (Å²) >= 11 is 0. The molecule has 0 heterocycles. The fraction of sp³-hybridized carbons (Fsp3) is 0.381. The van der Waals surface area contributed by atoms with Crippen LogP contribution >= 0.6 is 0 Å². The van der Waals surface area contributed by atoms with Gasteiger partial charge < -0.3 is 14.8 Å². The van der Waals surface area contributed by atoms with Crippen LogP contribution in [0.25, 0.3) is 0 Å². The van der Waals surface area contributed by atoms with Gasteiger partial charge in [-0.05, 0) is 49.6 Å². The first-order valence-electron chi connectivity index (χ1n) is 9.41. The minimum absolute atomic E-state index is 0.159. The smallest absolute Gasteiger partial charge is 0.243 e. The molecule has 0 saturated heterocycles. The van der Waals surface area contributed by atoms with E-state index >= 15 is 0 Å². The molecule has 2 aromatic carbocycles. The monoisotopic (exact) mass is 438 g/mol. The minimum atomic E-state index is -3.87. The Morgan fingerprint density at radius 3 is 2.40 bits per heavy atom. The van der Waals surface area contributed by atoms with Crippen LogP contribution in [-0.4, -0.2) is 47.4 Å². The maximum absolute atomic E-state index is 14.1. The number of nitrogens with zero attached hydrogens (tertiary/aromatic N) is 1. The molecule has 2 rings (SSSR count). The highest BCUT2D eigenvalue weighted by atomic mass is 32.2. The number of methoxy groups -OCH3 is 2. The molecule has 0 saturated carbocycles. The van der Waals surface area contributed by atoms with Crippen LogP contribution in [0.4, 0.5) is 10.1 Å². The van der Waals surface area contributed by atoms with Crippen molar-refractivity contribution < 1.29 is 27.1 Å². The van der Waals surface area contributed by atoms with E-state index in [4.69, 9.17) is 9.47 Å². The van der Waals surface area contributed by atoms with Crippen molar-refractivity contribution in [3.05, 3.63) is 53.8 Å². The van der Waals surface area contributed by atoms with Gasteiger partial charge in [0.2, 0.25) is 15.9 Å². The van der Waals surface area contributed by atoms with Crippen LogP contribution in [-0.2, 0) is 21.2 Å². The van der Waals surface area contributed by atoms with Gasteiger partial charge in [-0.3, -0.25) is 9.10 Å². The van der Waals surface area contributed by atoms with Crippen LogP contribution in [0.1, 0.15) is 18.9 Å². The third-order valence-electron chi connectivity index (χ3n) is 4.57. The molecule has 0 aliphatic carbocycles. The summed E-state index contributed by atoms with van der Waals surface area (Å²) in [7, 11) is -0.739. The predicted octanol–water partition coefficient (Wildman–Crippen LogP) is 2.75. The number of hydrogen-bond donors (Lipinski definition) is 1. The summed E-state index contributed by atoms with van der Waals surface area (Å²) in [6.07, 6.45) is 2.25. The standard InChI is InChI=1S/C21H27FN2O5S/c1-15(24(30(4,26)27)18-10-6-5-9-17(18)22)21(25)23-13-7-8-16-11-12-19(28-2)20(14-16)29-3/h5-6,9-12,14-15H,7-8,13H2,1-4H3,(H,23,25). The number of benzene rings is 2. The molecule has 0 radical (unpaired) electrons. The van der Waals surface area contributed by atoms with Crippen LogP contribution in [0.15, 0.2) is 42.5 Å². The molecular weight excluding hydrogens is 411 g/mol. The maximum Gasteiger partial charge on any atom is 0.243 e. The first-order chi connectivity index (χ1) is 14.2. The second-order valence-corrected chi connectivity index (χ2v) is 8.63. The lowest BCUT2D eigenvalue weighted by Gasteiger charge is -2.28. The van der Waals surface area contributed by atoms with Crippen molar-refractivity contribution in [1.29, 1.82) is 0 Å². The fourth-order valence-corrected chi connectivity index (χ4v) is 4.27. The van der Waals surface area contributed by atoms with Crippen molar-refractivity contribution in [2.75, 3.05) is 31.3 Å². The number of aryl methyl sites for hydroxylation is 1. The molecule has 0 fully saturated rings. The zero-order chi connectivity index (χ0) is 22.3. The van der Waals surface area contributed by atoms with Crippen molar-refractivity contribution in [3.63, 3.8) is 0 Å². The third kappa shape index (κ3) is 5.85. The molecule has 30 heavy (non-hydrogen) atoms. The lowest BCUT2D eigenvalue weighted by Crippen LogP contribution is -2.48. The minimum Gasteiger partial charge on any atom is -0.493 e. The Morgan fingerprint density at radius 1 is 1.13 bits per heavy atom. The summed E-state index contributed by atoms with van der Waals surface area (Å²) in [5, 5.41) is 2.72. The van der Waals surface area contributed by atoms with Gasteiger partial charge in [-0.1, -0.05) is 18.2 Å². The van der Waals surface area contributed by atoms with Crippen molar-refractivity contribution in [3.8, 4) is 11.5 Å². The van der Waals surface area contributed by atoms with E-state index < -0.39 is 27.8 Å². The zero-order valence-corrected chi connectivity index (χ0v) is 18.3. The summed E-state index contributed by atoms with van der Waals surface area (Å²) in [4.78, 5) is 12.5. The average molecular weight is 439 g/mol. The Bertz CT molecular complexity index is 981. The maximum atomic E-state index is 14.1. The van der Waals surface area contributed by atoms with Gasteiger partial charge in [-0.15, -0.1) is 0 Å². The normalized spacial score (nSPS) is 12.2. The molecular formula is C21H27FN2O5S. The zero-order valence-electron chi connectivity index (χ0n) is 17.5. The number of anilines is 1. The van der Waals surface area contributed by atoms with Crippen LogP contribution in [0, 0.1) is 5.82 Å². The van der Waals surface area contributed by atoms with E-state index in [-0.39, 0.29) is 5.69 Å². The molecule has 9 heteroatoms. The second-order valence-electron chi connectivity index (χ2n) is 6.77. The second kappa shape index (κ2) is 10.3. The number of amides is 1. The van der Waals surface area contributed by atoms with Crippen molar-refractivity contribution in [2.24, 2.45) is 0 Å². The van der Waals surface area contributed by atoms with Gasteiger partial charge >= 0.3 is 0 Å². The third-order valence-corrected chi connectivity index (χ3v) is 5.80. The molecule has 1 amide bonds. The molecule has 0 aliphatic heterocycles. The Hall–Kier alpha value is -2.81. The first kappa shape index (κ1) is 23.5. The predicted molar refractivity (Wildman–Crippen MR) is 114 cm³/mol. The number of sulfonamides is 1. The largest absolute Gasteiger partial charge is 0.493 e. The summed E-state index contributed by atoms with van der Waals surface area (Å²) in [6, 6.07) is 9.95. The van der Waals surface area contributed by atoms with E-state index in [1.54, 1.807) is 14.2 Å². The van der Waals surface area contributed by atoms with Crippen molar-refractivity contribution in [1.82, 2.24) is 5.32 Å². The van der Waals surface area contributed by atoms with Crippen LogP contribution in [0.3, 0.4) is 0 Å². The Morgan fingerprint density at radius 2 is 1.80 bits per heavy atom. The van der Waals surface area contributed by atoms with E-state index in [1.807, 2.05) is 18.2 Å². The number of rotatable bonds is 10. The average Bonchev–Trinajstić information content (AvgIpc) is 2.71. The van der Waals surface area contributed by atoms with E-state index in [1.165, 1.54) is 25.1 Å². The molecule has 0 spiro atoms. The summed E-state index contributed by atoms with van der Waals surface area (Å²) < 4.78 is 49.9. The molecule has 0 aromatic heterocycles. The van der Waals surface area contributed by atoms with Gasteiger partial charge in [0.05, 0.1) is 26.2 Å². The molecule has 1 N–H and O–H groups in total. The number of carbonyl (C=O) groups excluding carboxylic acids is 1. The van der Waals surface area contributed by atoms with E-state index in [0.29, 0.717) is 30.9 Å². The topological polar surface area (TPSA) is 84.9 Å². The Labute approximate surface area is 176 Å². The fourth-order valence-electron chi connectivity index (χ4n) is 3.10. The highest BCUT2D eigenvalue weighted by Crippen LogP contribution is 2.28. The van der Waals surface area contributed by atoms with Gasteiger partial charge in [0.1, 0.15) is 11.9 Å². The number of halogens is 1.